The van der Waals surface area contributed by atoms with Crippen LogP contribution in [-0.2, 0) is 21.1 Å². The first-order chi connectivity index (χ1) is 11.2. The number of aromatic nitrogens is 1. The standard InChI is InChI=1S/C17H19BrN2O3S/c1-4-24(22,23)14-7-5-13(6-8-14)10-16(21)20-15-9-11(2)17(18)12(3)19-15/h5-9H,4,10H2,1-3H3,(H,19,20,21). The maximum Gasteiger partial charge on any atom is 0.229 e. The summed E-state index contributed by atoms with van der Waals surface area (Å²) in [6.07, 6.45) is 0.155. The number of hydrogen-bond donors (Lipinski definition) is 1. The second kappa shape index (κ2) is 7.44. The predicted octanol–water partition coefficient (Wildman–Crippen LogP) is 3.44. The van der Waals surface area contributed by atoms with Crippen LogP contribution in [0.5, 0.6) is 0 Å². The minimum atomic E-state index is -3.22. The molecular formula is C17H19BrN2O3S. The van der Waals surface area contributed by atoms with Gasteiger partial charge in [-0.2, -0.15) is 0 Å². The van der Waals surface area contributed by atoms with E-state index in [1.807, 2.05) is 13.8 Å². The molecule has 0 radical (unpaired) electrons. The van der Waals surface area contributed by atoms with Crippen LogP contribution in [0.15, 0.2) is 39.7 Å². The van der Waals surface area contributed by atoms with Crippen LogP contribution in [0.1, 0.15) is 23.7 Å². The quantitative estimate of drug-likeness (QED) is 0.818. The number of pyridine rings is 1. The van der Waals surface area contributed by atoms with Crippen molar-refractivity contribution in [1.82, 2.24) is 4.98 Å². The molecule has 0 fully saturated rings. The van der Waals surface area contributed by atoms with Crippen molar-refractivity contribution >= 4 is 37.5 Å². The number of sulfone groups is 1. The van der Waals surface area contributed by atoms with Crippen molar-refractivity contribution in [3.63, 3.8) is 0 Å². The number of carbonyl (C=O) groups is 1. The molecule has 0 atom stereocenters. The van der Waals surface area contributed by atoms with E-state index in [4.69, 9.17) is 0 Å². The van der Waals surface area contributed by atoms with Gasteiger partial charge in [-0.15, -0.1) is 0 Å². The highest BCUT2D eigenvalue weighted by Gasteiger charge is 2.12. The molecule has 0 aliphatic heterocycles. The molecule has 1 N–H and O–H groups in total. The number of halogens is 1. The minimum absolute atomic E-state index is 0.0563. The Balaban J connectivity index is 2.08. The van der Waals surface area contributed by atoms with E-state index in [0.717, 1.165) is 21.3 Å². The summed E-state index contributed by atoms with van der Waals surface area (Å²) in [6, 6.07) is 8.19. The molecule has 7 heteroatoms. The number of benzene rings is 1. The van der Waals surface area contributed by atoms with Crippen molar-refractivity contribution in [2.45, 2.75) is 32.1 Å². The summed E-state index contributed by atoms with van der Waals surface area (Å²) >= 11 is 3.44. The van der Waals surface area contributed by atoms with Gasteiger partial charge >= 0.3 is 0 Å². The predicted molar refractivity (Wildman–Crippen MR) is 97.9 cm³/mol. The highest BCUT2D eigenvalue weighted by molar-refractivity contribution is 9.10. The molecule has 128 valence electrons. The van der Waals surface area contributed by atoms with Gasteiger partial charge in [-0.05, 0) is 59.1 Å². The summed E-state index contributed by atoms with van der Waals surface area (Å²) in [4.78, 5) is 16.7. The van der Waals surface area contributed by atoms with Gasteiger partial charge in [-0.1, -0.05) is 19.1 Å². The van der Waals surface area contributed by atoms with Gasteiger partial charge < -0.3 is 5.32 Å². The van der Waals surface area contributed by atoms with Gasteiger partial charge in [0.2, 0.25) is 5.91 Å². The largest absolute Gasteiger partial charge is 0.310 e. The van der Waals surface area contributed by atoms with Crippen molar-refractivity contribution in [2.24, 2.45) is 0 Å². The van der Waals surface area contributed by atoms with Crippen LogP contribution in [-0.4, -0.2) is 25.1 Å². The van der Waals surface area contributed by atoms with E-state index in [0.29, 0.717) is 5.82 Å². The fraction of sp³-hybridized carbons (Fsp3) is 0.294. The summed E-state index contributed by atoms with van der Waals surface area (Å²) in [5.74, 6) is 0.360. The second-order valence-electron chi connectivity index (χ2n) is 5.50. The van der Waals surface area contributed by atoms with Crippen LogP contribution in [0, 0.1) is 13.8 Å². The molecule has 1 aromatic heterocycles. The number of hydrogen-bond acceptors (Lipinski definition) is 4. The molecule has 0 bridgehead atoms. The van der Waals surface area contributed by atoms with Crippen LogP contribution in [0.25, 0.3) is 0 Å². The molecule has 2 aromatic rings. The van der Waals surface area contributed by atoms with Gasteiger partial charge in [0.15, 0.2) is 9.84 Å². The van der Waals surface area contributed by atoms with Crippen LogP contribution in [0.2, 0.25) is 0 Å². The number of nitrogens with one attached hydrogen (secondary N) is 1. The highest BCUT2D eigenvalue weighted by atomic mass is 79.9. The molecule has 0 aliphatic carbocycles. The Labute approximate surface area is 150 Å². The summed E-state index contributed by atoms with van der Waals surface area (Å²) in [5.41, 5.74) is 2.54. The van der Waals surface area contributed by atoms with E-state index in [1.54, 1.807) is 25.1 Å². The molecule has 0 aliphatic rings. The van der Waals surface area contributed by atoms with Gasteiger partial charge in [0.05, 0.1) is 22.8 Å². The third kappa shape index (κ3) is 4.42. The molecule has 0 saturated carbocycles. The first-order valence-electron chi connectivity index (χ1n) is 7.48. The Kier molecular flexibility index (Phi) is 5.77. The van der Waals surface area contributed by atoms with Crippen LogP contribution < -0.4 is 5.32 Å². The molecule has 5 nitrogen and oxygen atoms in total. The summed E-state index contributed by atoms with van der Waals surface area (Å²) in [6.45, 7) is 5.40. The maximum atomic E-state index is 12.1. The number of anilines is 1. The summed E-state index contributed by atoms with van der Waals surface area (Å²) < 4.78 is 24.5. The number of amides is 1. The summed E-state index contributed by atoms with van der Waals surface area (Å²) in [7, 11) is -3.22. The Morgan fingerprint density at radius 1 is 1.21 bits per heavy atom. The fourth-order valence-corrected chi connectivity index (χ4v) is 3.32. The number of nitrogens with zero attached hydrogens (tertiary/aromatic N) is 1. The zero-order valence-corrected chi connectivity index (χ0v) is 16.2. The van der Waals surface area contributed by atoms with E-state index < -0.39 is 9.84 Å². The van der Waals surface area contributed by atoms with Gasteiger partial charge in [0.25, 0.3) is 0 Å². The average Bonchev–Trinajstić information content (AvgIpc) is 2.53. The van der Waals surface area contributed by atoms with Crippen molar-refractivity contribution in [1.29, 1.82) is 0 Å². The fourth-order valence-electron chi connectivity index (χ4n) is 2.23. The SMILES string of the molecule is CCS(=O)(=O)c1ccc(CC(=O)Nc2cc(C)c(Br)c(C)n2)cc1. The molecule has 0 spiro atoms. The average molecular weight is 411 g/mol. The van der Waals surface area contributed by atoms with Crippen molar-refractivity contribution < 1.29 is 13.2 Å². The number of carbonyl (C=O) groups excluding carboxylic acids is 1. The normalized spacial score (nSPS) is 11.3. The van der Waals surface area contributed by atoms with Gasteiger partial charge in [0.1, 0.15) is 5.82 Å². The lowest BCUT2D eigenvalue weighted by molar-refractivity contribution is -0.115. The zero-order valence-electron chi connectivity index (χ0n) is 13.8. The third-order valence-electron chi connectivity index (χ3n) is 3.60. The molecule has 1 aromatic carbocycles. The molecular weight excluding hydrogens is 392 g/mol. The molecule has 24 heavy (non-hydrogen) atoms. The minimum Gasteiger partial charge on any atom is -0.310 e. The Morgan fingerprint density at radius 2 is 1.83 bits per heavy atom. The Hall–Kier alpha value is -1.73. The molecule has 1 amide bonds. The molecule has 1 heterocycles. The second-order valence-corrected chi connectivity index (χ2v) is 8.57. The monoisotopic (exact) mass is 410 g/mol. The van der Waals surface area contributed by atoms with E-state index in [-0.39, 0.29) is 23.0 Å². The van der Waals surface area contributed by atoms with Crippen molar-refractivity contribution in [3.8, 4) is 0 Å². The Bertz CT molecular complexity index is 839. The van der Waals surface area contributed by atoms with E-state index in [1.165, 1.54) is 12.1 Å². The van der Waals surface area contributed by atoms with Crippen LogP contribution >= 0.6 is 15.9 Å². The third-order valence-corrected chi connectivity index (χ3v) is 6.55. The highest BCUT2D eigenvalue weighted by Crippen LogP contribution is 2.22. The zero-order chi connectivity index (χ0) is 17.9. The lowest BCUT2D eigenvalue weighted by atomic mass is 10.1. The van der Waals surface area contributed by atoms with Crippen molar-refractivity contribution in [3.05, 3.63) is 51.6 Å². The van der Waals surface area contributed by atoms with E-state index in [2.05, 4.69) is 26.2 Å². The smallest absolute Gasteiger partial charge is 0.229 e. The van der Waals surface area contributed by atoms with E-state index in [9.17, 15) is 13.2 Å². The maximum absolute atomic E-state index is 12.1. The first kappa shape index (κ1) is 18.6. The molecule has 2 rings (SSSR count). The van der Waals surface area contributed by atoms with E-state index >= 15 is 0 Å². The topological polar surface area (TPSA) is 76.1 Å². The van der Waals surface area contributed by atoms with Gasteiger partial charge in [0, 0.05) is 4.47 Å². The lowest BCUT2D eigenvalue weighted by Gasteiger charge is -2.09. The Morgan fingerprint density at radius 3 is 2.38 bits per heavy atom. The lowest BCUT2D eigenvalue weighted by Crippen LogP contribution is -2.16. The van der Waals surface area contributed by atoms with Gasteiger partial charge in [-0.3, -0.25) is 4.79 Å². The van der Waals surface area contributed by atoms with Crippen LogP contribution in [0.3, 0.4) is 0 Å². The summed E-state index contributed by atoms with van der Waals surface area (Å²) in [5, 5.41) is 2.77. The van der Waals surface area contributed by atoms with Gasteiger partial charge in [-0.25, -0.2) is 13.4 Å². The van der Waals surface area contributed by atoms with Crippen molar-refractivity contribution in [2.75, 3.05) is 11.1 Å². The number of aryl methyl sites for hydroxylation is 2. The first-order valence-corrected chi connectivity index (χ1v) is 9.92. The van der Waals surface area contributed by atoms with Crippen LogP contribution in [0.4, 0.5) is 5.82 Å². The number of rotatable bonds is 5. The molecule has 0 saturated heterocycles. The molecule has 0 unspecified atom stereocenters.